The Hall–Kier alpha value is -2.48. The van der Waals surface area contributed by atoms with Crippen LogP contribution in [0.4, 0.5) is 0 Å². The summed E-state index contributed by atoms with van der Waals surface area (Å²) in [4.78, 5) is 11.2. The van der Waals surface area contributed by atoms with Crippen LogP contribution in [0.3, 0.4) is 0 Å². The quantitative estimate of drug-likeness (QED) is 0.214. The lowest BCUT2D eigenvalue weighted by Crippen LogP contribution is -2.37. The summed E-state index contributed by atoms with van der Waals surface area (Å²) in [7, 11) is -0.554. The van der Waals surface area contributed by atoms with E-state index in [1.54, 1.807) is 0 Å². The van der Waals surface area contributed by atoms with Crippen LogP contribution in [-0.2, 0) is 9.53 Å². The van der Waals surface area contributed by atoms with Gasteiger partial charge in [-0.15, -0.1) is 0 Å². The number of hydrogen-bond acceptors (Lipinski definition) is 3. The van der Waals surface area contributed by atoms with Crippen LogP contribution in [0.15, 0.2) is 91.0 Å². The zero-order valence-electron chi connectivity index (χ0n) is 19.6. The second kappa shape index (κ2) is 13.3. The molecule has 0 fully saturated rings. The Bertz CT molecular complexity index is 848. The molecule has 3 aromatic rings. The summed E-state index contributed by atoms with van der Waals surface area (Å²) in [6.45, 7) is 0. The molecule has 0 aromatic heterocycles. The molecule has 174 valence electrons. The van der Waals surface area contributed by atoms with Gasteiger partial charge >= 0.3 is 5.97 Å². The summed E-state index contributed by atoms with van der Waals surface area (Å²) in [5.41, 5.74) is 0. The van der Waals surface area contributed by atoms with Crippen LogP contribution in [0.25, 0.3) is 0 Å². The predicted octanol–water partition coefficient (Wildman–Crippen LogP) is 5.25. The van der Waals surface area contributed by atoms with Gasteiger partial charge in [0.05, 0.1) is 19.4 Å². The fourth-order valence-electron chi connectivity index (χ4n) is 4.50. The van der Waals surface area contributed by atoms with Gasteiger partial charge in [0.2, 0.25) is 0 Å². The molecule has 1 atom stereocenters. The van der Waals surface area contributed by atoms with E-state index in [1.165, 1.54) is 23.0 Å². The lowest BCUT2D eigenvalue weighted by atomic mass is 10.1. The minimum absolute atomic E-state index is 0.131. The molecule has 0 saturated carbocycles. The van der Waals surface area contributed by atoms with Crippen LogP contribution in [0.5, 0.6) is 0 Å². The van der Waals surface area contributed by atoms with Crippen molar-refractivity contribution in [1.82, 2.24) is 0 Å². The van der Waals surface area contributed by atoms with Crippen LogP contribution in [0.2, 0.25) is 0 Å². The molecule has 0 saturated heterocycles. The predicted molar refractivity (Wildman–Crippen MR) is 140 cm³/mol. The van der Waals surface area contributed by atoms with Crippen molar-refractivity contribution in [2.75, 3.05) is 13.3 Å². The summed E-state index contributed by atoms with van der Waals surface area (Å²) in [5, 5.41) is 15.2. The maximum atomic E-state index is 11.2. The summed E-state index contributed by atoms with van der Waals surface area (Å²) in [5.74, 6) is -0.131. The summed E-state index contributed by atoms with van der Waals surface area (Å²) in [6, 6.07) is 32.2. The monoisotopic (exact) mass is 463 g/mol. The van der Waals surface area contributed by atoms with Crippen LogP contribution in [-0.4, -0.2) is 30.5 Å². The van der Waals surface area contributed by atoms with E-state index < -0.39 is 7.26 Å². The molecular formula is C29H36O3P+. The molecule has 0 heterocycles. The Morgan fingerprint density at radius 2 is 1.15 bits per heavy atom. The molecule has 0 radical (unpaired) electrons. The maximum Gasteiger partial charge on any atom is 0.305 e. The van der Waals surface area contributed by atoms with Crippen molar-refractivity contribution in [1.29, 1.82) is 0 Å². The molecule has 0 unspecified atom stereocenters. The van der Waals surface area contributed by atoms with E-state index in [4.69, 9.17) is 4.74 Å². The number of carbonyl (C=O) groups excluding carboxylic acids is 1. The number of esters is 1. The minimum Gasteiger partial charge on any atom is -0.469 e. The standard InChI is InChI=1S/C29H36O3P/c1-32-29(31)23-15-4-2-3-8-16-25(30)24-33(26-17-9-5-10-18-26,27-19-11-6-12-20-27)28-21-13-7-14-22-28/h5-7,9-14,17-22,25,30H,2-4,8,15-16,23-24H2,1H3/q+1/t25-/m0/s1. The molecule has 33 heavy (non-hydrogen) atoms. The number of methoxy groups -OCH3 is 1. The first-order valence-corrected chi connectivity index (χ1v) is 13.9. The lowest BCUT2D eigenvalue weighted by molar-refractivity contribution is -0.140. The molecule has 0 amide bonds. The fraction of sp³-hybridized carbons (Fsp3) is 0.345. The van der Waals surface area contributed by atoms with Gasteiger partial charge < -0.3 is 9.84 Å². The van der Waals surface area contributed by atoms with Crippen molar-refractivity contribution >= 4 is 29.1 Å². The maximum absolute atomic E-state index is 11.2. The van der Waals surface area contributed by atoms with Gasteiger partial charge in [-0.3, -0.25) is 4.79 Å². The molecule has 3 nitrogen and oxygen atoms in total. The number of ether oxygens (including phenoxy) is 1. The SMILES string of the molecule is COC(=O)CCCCCCC[C@H](O)C[P+](c1ccccc1)(c1ccccc1)c1ccccc1. The van der Waals surface area contributed by atoms with E-state index in [2.05, 4.69) is 91.0 Å². The van der Waals surface area contributed by atoms with E-state index in [9.17, 15) is 9.90 Å². The average molecular weight is 464 g/mol. The van der Waals surface area contributed by atoms with Crippen LogP contribution in [0, 0.1) is 0 Å². The molecule has 0 aliphatic heterocycles. The van der Waals surface area contributed by atoms with Crippen molar-refractivity contribution in [3.63, 3.8) is 0 Å². The molecular weight excluding hydrogens is 427 g/mol. The number of carbonyl (C=O) groups is 1. The van der Waals surface area contributed by atoms with E-state index in [-0.39, 0.29) is 12.1 Å². The van der Waals surface area contributed by atoms with Gasteiger partial charge in [0, 0.05) is 6.42 Å². The van der Waals surface area contributed by atoms with Gasteiger partial charge in [-0.25, -0.2) is 0 Å². The largest absolute Gasteiger partial charge is 0.469 e. The minimum atomic E-state index is -1.99. The first-order chi connectivity index (χ1) is 16.2. The molecule has 1 N–H and O–H groups in total. The average Bonchev–Trinajstić information content (AvgIpc) is 2.88. The Labute approximate surface area is 199 Å². The van der Waals surface area contributed by atoms with Crippen LogP contribution in [0.1, 0.15) is 44.9 Å². The van der Waals surface area contributed by atoms with Gasteiger partial charge in [-0.1, -0.05) is 80.3 Å². The zero-order chi connectivity index (χ0) is 23.4. The van der Waals surface area contributed by atoms with Gasteiger partial charge in [0.25, 0.3) is 0 Å². The number of rotatable bonds is 13. The molecule has 0 spiro atoms. The highest BCUT2D eigenvalue weighted by atomic mass is 31.2. The highest BCUT2D eigenvalue weighted by Gasteiger charge is 2.46. The van der Waals surface area contributed by atoms with E-state index in [0.29, 0.717) is 6.42 Å². The zero-order valence-corrected chi connectivity index (χ0v) is 20.5. The normalized spacial score (nSPS) is 12.3. The third-order valence-electron chi connectivity index (χ3n) is 6.22. The smallest absolute Gasteiger partial charge is 0.305 e. The van der Waals surface area contributed by atoms with Crippen LogP contribution >= 0.6 is 7.26 Å². The Morgan fingerprint density at radius 1 is 0.727 bits per heavy atom. The second-order valence-corrected chi connectivity index (χ2v) is 12.1. The van der Waals surface area contributed by atoms with Gasteiger partial charge in [0.15, 0.2) is 0 Å². The Kier molecular flexibility index (Phi) is 10.1. The number of aliphatic hydroxyl groups excluding tert-OH is 1. The lowest BCUT2D eigenvalue weighted by Gasteiger charge is -2.29. The molecule has 4 heteroatoms. The Morgan fingerprint density at radius 3 is 1.61 bits per heavy atom. The number of unbranched alkanes of at least 4 members (excludes halogenated alkanes) is 4. The summed E-state index contributed by atoms with van der Waals surface area (Å²) >= 11 is 0. The van der Waals surface area contributed by atoms with Crippen LogP contribution < -0.4 is 15.9 Å². The van der Waals surface area contributed by atoms with E-state index in [0.717, 1.165) is 44.7 Å². The molecule has 0 aliphatic rings. The van der Waals surface area contributed by atoms with Gasteiger partial charge in [0.1, 0.15) is 23.2 Å². The van der Waals surface area contributed by atoms with Crippen molar-refractivity contribution in [2.45, 2.75) is 51.0 Å². The van der Waals surface area contributed by atoms with E-state index in [1.807, 2.05) is 0 Å². The molecule has 0 aliphatic carbocycles. The summed E-state index contributed by atoms with van der Waals surface area (Å²) in [6.07, 6.45) is 6.73. The number of aliphatic hydroxyl groups is 1. The third-order valence-corrected chi connectivity index (χ3v) is 10.7. The molecule has 3 aromatic carbocycles. The molecule has 3 rings (SSSR count). The highest BCUT2D eigenvalue weighted by molar-refractivity contribution is 7.95. The van der Waals surface area contributed by atoms with E-state index >= 15 is 0 Å². The third kappa shape index (κ3) is 7.00. The number of benzene rings is 3. The first kappa shape index (κ1) is 25.1. The van der Waals surface area contributed by atoms with Gasteiger partial charge in [-0.2, -0.15) is 0 Å². The summed E-state index contributed by atoms with van der Waals surface area (Å²) < 4.78 is 4.70. The topological polar surface area (TPSA) is 46.5 Å². The fourth-order valence-corrected chi connectivity index (χ4v) is 8.88. The molecule has 0 bridgehead atoms. The second-order valence-electron chi connectivity index (χ2n) is 8.54. The van der Waals surface area contributed by atoms with Crippen molar-refractivity contribution in [2.24, 2.45) is 0 Å². The van der Waals surface area contributed by atoms with Crippen molar-refractivity contribution in [3.8, 4) is 0 Å². The Balaban J connectivity index is 1.73. The highest BCUT2D eigenvalue weighted by Crippen LogP contribution is 2.56. The number of hydrogen-bond donors (Lipinski definition) is 1. The first-order valence-electron chi connectivity index (χ1n) is 12.0. The van der Waals surface area contributed by atoms with Crippen molar-refractivity contribution < 1.29 is 14.6 Å². The van der Waals surface area contributed by atoms with Gasteiger partial charge in [-0.05, 0) is 49.2 Å². The van der Waals surface area contributed by atoms with Crippen molar-refractivity contribution in [3.05, 3.63) is 91.0 Å².